The number of rotatable bonds is 3. The van der Waals surface area contributed by atoms with Crippen LogP contribution in [-0.2, 0) is 6.42 Å². The maximum absolute atomic E-state index is 11.8. The number of thiophene rings is 1. The van der Waals surface area contributed by atoms with Crippen LogP contribution in [0.3, 0.4) is 0 Å². The van der Waals surface area contributed by atoms with Crippen molar-refractivity contribution in [2.45, 2.75) is 25.1 Å². The molecule has 1 aromatic rings. The van der Waals surface area contributed by atoms with Crippen molar-refractivity contribution in [1.29, 1.82) is 0 Å². The molecule has 0 bridgehead atoms. The third-order valence-electron chi connectivity index (χ3n) is 1.62. The Kier molecular flexibility index (Phi) is 3.33. The first-order chi connectivity index (χ1) is 6.00. The van der Waals surface area contributed by atoms with Gasteiger partial charge in [-0.2, -0.15) is 13.2 Å². The predicted octanol–water partition coefficient (Wildman–Crippen LogP) is 2.60. The molecule has 1 nitrogen and oxygen atoms in total. The zero-order chi connectivity index (χ0) is 9.90. The first kappa shape index (κ1) is 10.5. The third kappa shape index (κ3) is 3.36. The minimum Gasteiger partial charge on any atom is -0.384 e. The molecule has 0 amide bonds. The molecule has 0 saturated heterocycles. The van der Waals surface area contributed by atoms with Gasteiger partial charge in [0.2, 0.25) is 0 Å². The third-order valence-corrected chi connectivity index (χ3v) is 2.56. The molecule has 0 aliphatic rings. The fraction of sp³-hybridized carbons (Fsp3) is 0.500. The van der Waals surface area contributed by atoms with Crippen LogP contribution in [0, 0.1) is 0 Å². The molecule has 1 heterocycles. The summed E-state index contributed by atoms with van der Waals surface area (Å²) in [4.78, 5) is 0.864. The van der Waals surface area contributed by atoms with Gasteiger partial charge in [-0.1, -0.05) is 6.07 Å². The van der Waals surface area contributed by atoms with Crippen LogP contribution in [-0.4, -0.2) is 17.4 Å². The topological polar surface area (TPSA) is 20.2 Å². The number of halogens is 3. The van der Waals surface area contributed by atoms with Crippen molar-refractivity contribution in [3.63, 3.8) is 0 Å². The first-order valence-electron chi connectivity index (χ1n) is 3.77. The summed E-state index contributed by atoms with van der Waals surface area (Å²) in [5.74, 6) is 0. The van der Waals surface area contributed by atoms with Crippen molar-refractivity contribution >= 4 is 11.3 Å². The van der Waals surface area contributed by atoms with E-state index in [0.29, 0.717) is 0 Å². The molecule has 1 N–H and O–H groups in total. The Labute approximate surface area is 77.8 Å². The van der Waals surface area contributed by atoms with E-state index in [1.807, 2.05) is 0 Å². The lowest BCUT2D eigenvalue weighted by Gasteiger charge is -2.13. The number of aliphatic hydroxyl groups excluding tert-OH is 1. The summed E-state index contributed by atoms with van der Waals surface area (Å²) < 4.78 is 35.5. The maximum atomic E-state index is 11.8. The van der Waals surface area contributed by atoms with Gasteiger partial charge >= 0.3 is 6.18 Å². The van der Waals surface area contributed by atoms with Crippen LogP contribution in [0.5, 0.6) is 0 Å². The van der Waals surface area contributed by atoms with E-state index in [1.54, 1.807) is 17.5 Å². The van der Waals surface area contributed by atoms with E-state index < -0.39 is 12.3 Å². The lowest BCUT2D eigenvalue weighted by atomic mass is 10.2. The van der Waals surface area contributed by atoms with E-state index in [4.69, 9.17) is 5.11 Å². The van der Waals surface area contributed by atoms with E-state index >= 15 is 0 Å². The highest BCUT2D eigenvalue weighted by molar-refractivity contribution is 7.09. The van der Waals surface area contributed by atoms with E-state index in [0.717, 1.165) is 4.88 Å². The SMILES string of the molecule is O[C@H](CCc1cccs1)C(F)(F)F. The summed E-state index contributed by atoms with van der Waals surface area (Å²) in [6.45, 7) is 0. The fourth-order valence-corrected chi connectivity index (χ4v) is 1.62. The average molecular weight is 210 g/mol. The lowest BCUT2D eigenvalue weighted by molar-refractivity contribution is -0.205. The maximum Gasteiger partial charge on any atom is 0.414 e. The molecule has 0 aliphatic heterocycles. The van der Waals surface area contributed by atoms with E-state index in [-0.39, 0.29) is 12.8 Å². The largest absolute Gasteiger partial charge is 0.414 e. The highest BCUT2D eigenvalue weighted by atomic mass is 32.1. The molecule has 0 aromatic carbocycles. The molecule has 5 heteroatoms. The van der Waals surface area contributed by atoms with Gasteiger partial charge in [0.1, 0.15) is 6.10 Å². The Morgan fingerprint density at radius 2 is 2.15 bits per heavy atom. The van der Waals surface area contributed by atoms with Crippen molar-refractivity contribution < 1.29 is 18.3 Å². The molecule has 1 atom stereocenters. The second-order valence-electron chi connectivity index (χ2n) is 2.68. The Morgan fingerprint density at radius 3 is 2.62 bits per heavy atom. The molecule has 0 fully saturated rings. The summed E-state index contributed by atoms with van der Waals surface area (Å²) in [5, 5.41) is 10.5. The van der Waals surface area contributed by atoms with Crippen molar-refractivity contribution in [2.24, 2.45) is 0 Å². The van der Waals surface area contributed by atoms with Crippen LogP contribution in [0.1, 0.15) is 11.3 Å². The molecule has 0 aliphatic carbocycles. The molecular formula is C8H9F3OS. The molecular weight excluding hydrogens is 201 g/mol. The van der Waals surface area contributed by atoms with Gasteiger partial charge < -0.3 is 5.11 Å². The van der Waals surface area contributed by atoms with Gasteiger partial charge in [0, 0.05) is 4.88 Å². The summed E-state index contributed by atoms with van der Waals surface area (Å²) in [5.41, 5.74) is 0. The summed E-state index contributed by atoms with van der Waals surface area (Å²) >= 11 is 1.40. The van der Waals surface area contributed by atoms with Crippen LogP contribution in [0.15, 0.2) is 17.5 Å². The first-order valence-corrected chi connectivity index (χ1v) is 4.65. The van der Waals surface area contributed by atoms with Crippen LogP contribution in [0.4, 0.5) is 13.2 Å². The highest BCUT2D eigenvalue weighted by Crippen LogP contribution is 2.24. The number of aliphatic hydroxyl groups is 1. The van der Waals surface area contributed by atoms with Gasteiger partial charge in [-0.05, 0) is 24.3 Å². The minimum absolute atomic E-state index is 0.260. The van der Waals surface area contributed by atoms with Gasteiger partial charge in [0.05, 0.1) is 0 Å². The van der Waals surface area contributed by atoms with Crippen molar-refractivity contribution in [3.8, 4) is 0 Å². The van der Waals surface area contributed by atoms with E-state index in [2.05, 4.69) is 0 Å². The second-order valence-corrected chi connectivity index (χ2v) is 3.71. The summed E-state index contributed by atoms with van der Waals surface area (Å²) in [7, 11) is 0. The molecule has 74 valence electrons. The van der Waals surface area contributed by atoms with Gasteiger partial charge in [-0.15, -0.1) is 11.3 Å². The number of aryl methyl sites for hydroxylation is 1. The smallest absolute Gasteiger partial charge is 0.384 e. The number of hydrogen-bond donors (Lipinski definition) is 1. The van der Waals surface area contributed by atoms with Crippen molar-refractivity contribution in [1.82, 2.24) is 0 Å². The van der Waals surface area contributed by atoms with Gasteiger partial charge in [-0.3, -0.25) is 0 Å². The highest BCUT2D eigenvalue weighted by Gasteiger charge is 2.37. The minimum atomic E-state index is -4.49. The zero-order valence-electron chi connectivity index (χ0n) is 6.71. The number of hydrogen-bond acceptors (Lipinski definition) is 2. The molecule has 0 spiro atoms. The molecule has 0 unspecified atom stereocenters. The van der Waals surface area contributed by atoms with Crippen LogP contribution in [0.2, 0.25) is 0 Å². The predicted molar refractivity (Wildman–Crippen MR) is 44.7 cm³/mol. The molecule has 0 radical (unpaired) electrons. The molecule has 0 saturated carbocycles. The second kappa shape index (κ2) is 4.11. The van der Waals surface area contributed by atoms with Crippen molar-refractivity contribution in [3.05, 3.63) is 22.4 Å². The Bertz CT molecular complexity index is 242. The summed E-state index contributed by atoms with van der Waals surface area (Å²) in [6, 6.07) is 3.54. The zero-order valence-corrected chi connectivity index (χ0v) is 7.53. The molecule has 1 rings (SSSR count). The lowest BCUT2D eigenvalue weighted by Crippen LogP contribution is -2.28. The number of alkyl halides is 3. The molecule has 13 heavy (non-hydrogen) atoms. The summed E-state index contributed by atoms with van der Waals surface area (Å²) in [6.07, 6.45) is -6.67. The average Bonchev–Trinajstić information content (AvgIpc) is 2.50. The standard InChI is InChI=1S/C8H9F3OS/c9-8(10,11)7(12)4-3-6-2-1-5-13-6/h1-2,5,7,12H,3-4H2/t7-/m1/s1. The van der Waals surface area contributed by atoms with Crippen LogP contribution < -0.4 is 0 Å². The normalized spacial score (nSPS) is 14.5. The molecule has 1 aromatic heterocycles. The van der Waals surface area contributed by atoms with Gasteiger partial charge in [0.15, 0.2) is 0 Å². The van der Waals surface area contributed by atoms with Gasteiger partial charge in [0.25, 0.3) is 0 Å². The van der Waals surface area contributed by atoms with Crippen LogP contribution in [0.25, 0.3) is 0 Å². The Balaban J connectivity index is 2.35. The monoisotopic (exact) mass is 210 g/mol. The van der Waals surface area contributed by atoms with Crippen molar-refractivity contribution in [2.75, 3.05) is 0 Å². The van der Waals surface area contributed by atoms with Crippen LogP contribution >= 0.6 is 11.3 Å². The quantitative estimate of drug-likeness (QED) is 0.813. The Morgan fingerprint density at radius 1 is 1.46 bits per heavy atom. The van der Waals surface area contributed by atoms with Gasteiger partial charge in [-0.25, -0.2) is 0 Å². The van der Waals surface area contributed by atoms with E-state index in [1.165, 1.54) is 11.3 Å². The fourth-order valence-electron chi connectivity index (χ4n) is 0.897. The Hall–Kier alpha value is -0.550. The van der Waals surface area contributed by atoms with E-state index in [9.17, 15) is 13.2 Å².